The molecule has 0 radical (unpaired) electrons. The van der Waals surface area contributed by atoms with E-state index >= 15 is 0 Å². The van der Waals surface area contributed by atoms with E-state index in [4.69, 9.17) is 0 Å². The molecule has 1 aliphatic heterocycles. The first-order valence-corrected chi connectivity index (χ1v) is 9.61. The van der Waals surface area contributed by atoms with E-state index < -0.39 is 11.5 Å². The smallest absolute Gasteiger partial charge is 0.233 e. The standard InChI is InChI=1S/C20H22N6O2/c27-16-12-20(13-16,15-4-2-1-3-5-15)19(28)25-10-8-24(9-11-25)18-7-6-17-22-21-14-26(17)23-18/h1-7,14,16,27H,8-13H2/t16-,20+. The van der Waals surface area contributed by atoms with E-state index in [0.717, 1.165) is 24.5 Å². The van der Waals surface area contributed by atoms with Crippen LogP contribution in [0.1, 0.15) is 18.4 Å². The van der Waals surface area contributed by atoms with Gasteiger partial charge in [0.15, 0.2) is 5.65 Å². The van der Waals surface area contributed by atoms with Crippen molar-refractivity contribution in [2.75, 3.05) is 31.1 Å². The molecule has 1 aliphatic carbocycles. The third-order valence-corrected chi connectivity index (χ3v) is 5.94. The lowest BCUT2D eigenvalue weighted by atomic mass is 9.61. The molecule has 8 heteroatoms. The molecule has 2 aliphatic rings. The zero-order chi connectivity index (χ0) is 19.1. The summed E-state index contributed by atoms with van der Waals surface area (Å²) in [6, 6.07) is 13.7. The van der Waals surface area contributed by atoms with Crippen molar-refractivity contribution in [3.63, 3.8) is 0 Å². The zero-order valence-electron chi connectivity index (χ0n) is 15.5. The van der Waals surface area contributed by atoms with Gasteiger partial charge in [-0.05, 0) is 30.5 Å². The Hall–Kier alpha value is -3.00. The monoisotopic (exact) mass is 378 g/mol. The lowest BCUT2D eigenvalue weighted by molar-refractivity contribution is -0.146. The van der Waals surface area contributed by atoms with Crippen LogP contribution >= 0.6 is 0 Å². The van der Waals surface area contributed by atoms with Crippen molar-refractivity contribution in [1.29, 1.82) is 0 Å². The average molecular weight is 378 g/mol. The van der Waals surface area contributed by atoms with Gasteiger partial charge in [0, 0.05) is 26.2 Å². The summed E-state index contributed by atoms with van der Waals surface area (Å²) in [6.45, 7) is 2.73. The minimum Gasteiger partial charge on any atom is -0.393 e. The van der Waals surface area contributed by atoms with Crippen LogP contribution in [0.2, 0.25) is 0 Å². The minimum atomic E-state index is -0.581. The van der Waals surface area contributed by atoms with Gasteiger partial charge >= 0.3 is 0 Å². The van der Waals surface area contributed by atoms with Crippen LogP contribution in [0.4, 0.5) is 5.82 Å². The lowest BCUT2D eigenvalue weighted by Gasteiger charge is -2.48. The highest BCUT2D eigenvalue weighted by Gasteiger charge is 2.52. The summed E-state index contributed by atoms with van der Waals surface area (Å²) >= 11 is 0. The molecule has 1 saturated heterocycles. The molecule has 0 spiro atoms. The number of aromatic nitrogens is 4. The highest BCUT2D eigenvalue weighted by molar-refractivity contribution is 5.90. The van der Waals surface area contributed by atoms with Crippen molar-refractivity contribution < 1.29 is 9.90 Å². The molecule has 2 fully saturated rings. The van der Waals surface area contributed by atoms with Crippen LogP contribution < -0.4 is 4.90 Å². The lowest BCUT2D eigenvalue weighted by Crippen LogP contribution is -2.60. The Balaban J connectivity index is 1.31. The molecular formula is C20H22N6O2. The fourth-order valence-electron chi connectivity index (χ4n) is 4.36. The molecule has 144 valence electrons. The van der Waals surface area contributed by atoms with Crippen molar-refractivity contribution in [2.24, 2.45) is 0 Å². The third-order valence-electron chi connectivity index (χ3n) is 5.94. The molecule has 0 unspecified atom stereocenters. The molecule has 1 amide bonds. The Kier molecular flexibility index (Phi) is 4.01. The summed E-state index contributed by atoms with van der Waals surface area (Å²) in [5, 5.41) is 22.3. The molecule has 3 heterocycles. The number of nitrogens with zero attached hydrogens (tertiary/aromatic N) is 6. The van der Waals surface area contributed by atoms with Crippen LogP contribution in [-0.4, -0.2) is 68.0 Å². The number of anilines is 1. The maximum Gasteiger partial charge on any atom is 0.233 e. The second-order valence-electron chi connectivity index (χ2n) is 7.61. The second kappa shape index (κ2) is 6.56. The van der Waals surface area contributed by atoms with Crippen molar-refractivity contribution in [2.45, 2.75) is 24.4 Å². The normalized spacial score (nSPS) is 25.0. The molecule has 2 aromatic heterocycles. The number of benzene rings is 1. The molecule has 5 rings (SSSR count). The summed E-state index contributed by atoms with van der Waals surface area (Å²) in [5.74, 6) is 0.988. The first-order valence-electron chi connectivity index (χ1n) is 9.61. The number of carbonyl (C=O) groups excluding carboxylic acids is 1. The molecule has 1 aromatic carbocycles. The van der Waals surface area contributed by atoms with Gasteiger partial charge in [-0.15, -0.1) is 15.3 Å². The van der Waals surface area contributed by atoms with Gasteiger partial charge in [0.05, 0.1) is 11.5 Å². The fourth-order valence-corrected chi connectivity index (χ4v) is 4.36. The van der Waals surface area contributed by atoms with Crippen LogP contribution in [-0.2, 0) is 10.2 Å². The number of carbonyl (C=O) groups is 1. The van der Waals surface area contributed by atoms with E-state index in [1.165, 1.54) is 0 Å². The van der Waals surface area contributed by atoms with E-state index in [1.807, 2.05) is 47.4 Å². The van der Waals surface area contributed by atoms with Gasteiger partial charge in [-0.25, -0.2) is 0 Å². The van der Waals surface area contributed by atoms with E-state index in [1.54, 1.807) is 10.8 Å². The van der Waals surface area contributed by atoms with Gasteiger partial charge in [0.25, 0.3) is 0 Å². The Morgan fingerprint density at radius 2 is 1.79 bits per heavy atom. The van der Waals surface area contributed by atoms with Gasteiger partial charge in [-0.1, -0.05) is 30.3 Å². The first kappa shape index (κ1) is 17.1. The van der Waals surface area contributed by atoms with Crippen LogP contribution in [0.25, 0.3) is 5.65 Å². The summed E-state index contributed by atoms with van der Waals surface area (Å²) in [5.41, 5.74) is 1.14. The molecule has 1 saturated carbocycles. The summed E-state index contributed by atoms with van der Waals surface area (Å²) in [6.07, 6.45) is 2.19. The van der Waals surface area contributed by atoms with E-state index in [-0.39, 0.29) is 5.91 Å². The summed E-state index contributed by atoms with van der Waals surface area (Å²) in [7, 11) is 0. The maximum absolute atomic E-state index is 13.4. The number of amides is 1. The number of rotatable bonds is 3. The summed E-state index contributed by atoms with van der Waals surface area (Å²) in [4.78, 5) is 17.5. The number of piperazine rings is 1. The predicted molar refractivity (Wildman–Crippen MR) is 103 cm³/mol. The molecule has 3 aromatic rings. The van der Waals surface area contributed by atoms with Crippen molar-refractivity contribution in [1.82, 2.24) is 24.7 Å². The molecule has 1 N–H and O–H groups in total. The highest BCUT2D eigenvalue weighted by Crippen LogP contribution is 2.45. The Morgan fingerprint density at radius 3 is 2.50 bits per heavy atom. The number of hydrogen-bond donors (Lipinski definition) is 1. The third kappa shape index (κ3) is 2.72. The van der Waals surface area contributed by atoms with E-state index in [2.05, 4.69) is 20.2 Å². The van der Waals surface area contributed by atoms with Crippen LogP contribution in [0, 0.1) is 0 Å². The fraction of sp³-hybridized carbons (Fsp3) is 0.400. The number of hydrogen-bond acceptors (Lipinski definition) is 6. The van der Waals surface area contributed by atoms with Crippen molar-refractivity contribution >= 4 is 17.4 Å². The second-order valence-corrected chi connectivity index (χ2v) is 7.61. The number of fused-ring (bicyclic) bond motifs is 1. The minimum absolute atomic E-state index is 0.130. The largest absolute Gasteiger partial charge is 0.393 e. The average Bonchev–Trinajstić information content (AvgIpc) is 3.19. The molecule has 8 nitrogen and oxygen atoms in total. The number of aliphatic hydroxyl groups excluding tert-OH is 1. The van der Waals surface area contributed by atoms with Gasteiger partial charge in [0.1, 0.15) is 12.1 Å². The maximum atomic E-state index is 13.4. The SMILES string of the molecule is O=C(N1CCN(c2ccc3nncn3n2)CC1)[C@]1(c2ccccc2)C[C@H](O)C1. The van der Waals surface area contributed by atoms with Crippen LogP contribution in [0.3, 0.4) is 0 Å². The van der Waals surface area contributed by atoms with Crippen LogP contribution in [0.15, 0.2) is 48.8 Å². The molecular weight excluding hydrogens is 356 g/mol. The topological polar surface area (TPSA) is 86.9 Å². The highest BCUT2D eigenvalue weighted by atomic mass is 16.3. The zero-order valence-corrected chi connectivity index (χ0v) is 15.5. The van der Waals surface area contributed by atoms with E-state index in [0.29, 0.717) is 31.6 Å². The van der Waals surface area contributed by atoms with Gasteiger partial charge < -0.3 is 14.9 Å². The van der Waals surface area contributed by atoms with E-state index in [9.17, 15) is 9.90 Å². The number of aliphatic hydroxyl groups is 1. The Labute approximate surface area is 162 Å². The molecule has 0 bridgehead atoms. The summed E-state index contributed by atoms with van der Waals surface area (Å²) < 4.78 is 1.66. The predicted octanol–water partition coefficient (Wildman–Crippen LogP) is 0.866. The Bertz CT molecular complexity index is 990. The Morgan fingerprint density at radius 1 is 1.04 bits per heavy atom. The first-order chi connectivity index (χ1) is 13.7. The van der Waals surface area contributed by atoms with Crippen LogP contribution in [0.5, 0.6) is 0 Å². The van der Waals surface area contributed by atoms with Crippen molar-refractivity contribution in [3.8, 4) is 0 Å². The van der Waals surface area contributed by atoms with Gasteiger partial charge in [0.2, 0.25) is 5.91 Å². The quantitative estimate of drug-likeness (QED) is 0.728. The van der Waals surface area contributed by atoms with Gasteiger partial charge in [-0.3, -0.25) is 4.79 Å². The van der Waals surface area contributed by atoms with Gasteiger partial charge in [-0.2, -0.15) is 4.52 Å². The molecule has 0 atom stereocenters. The van der Waals surface area contributed by atoms with Crippen molar-refractivity contribution in [3.05, 3.63) is 54.4 Å². The molecule has 28 heavy (non-hydrogen) atoms.